The molecule has 0 aliphatic rings. The van der Waals surface area contributed by atoms with Crippen LogP contribution in [0.3, 0.4) is 0 Å². The highest BCUT2D eigenvalue weighted by atomic mass is 28.3. The van der Waals surface area contributed by atoms with Crippen molar-refractivity contribution in [2.45, 2.75) is 27.2 Å². The predicted molar refractivity (Wildman–Crippen MR) is 57.6 cm³/mol. The molecule has 0 aromatic carbocycles. The lowest BCUT2D eigenvalue weighted by atomic mass is 10.5. The zero-order valence-electron chi connectivity index (χ0n) is 9.65. The van der Waals surface area contributed by atoms with E-state index in [1.807, 2.05) is 13.8 Å². The van der Waals surface area contributed by atoms with Crippen molar-refractivity contribution in [3.63, 3.8) is 0 Å². The van der Waals surface area contributed by atoms with Crippen LogP contribution in [-0.2, 0) is 22.8 Å². The molecule has 0 amide bonds. The summed E-state index contributed by atoms with van der Waals surface area (Å²) >= 11 is 0. The van der Waals surface area contributed by atoms with E-state index in [4.69, 9.17) is 18.0 Å². The molecule has 0 heterocycles. The second kappa shape index (κ2) is 10.1. The number of carbonyl (C=O) groups is 1. The largest absolute Gasteiger partial charge is 0.484 e. The topological polar surface area (TPSA) is 54.0 Å². The predicted octanol–water partition coefficient (Wildman–Crippen LogP) is 0.746. The minimum atomic E-state index is -2.00. The van der Waals surface area contributed by atoms with E-state index in [9.17, 15) is 4.79 Å². The van der Waals surface area contributed by atoms with Crippen molar-refractivity contribution in [1.29, 1.82) is 0 Å². The van der Waals surface area contributed by atoms with Crippen LogP contribution in [0.5, 0.6) is 0 Å². The van der Waals surface area contributed by atoms with Crippen molar-refractivity contribution in [1.82, 2.24) is 0 Å². The van der Waals surface area contributed by atoms with E-state index in [1.165, 1.54) is 0 Å². The van der Waals surface area contributed by atoms with Crippen LogP contribution in [0.25, 0.3) is 0 Å². The van der Waals surface area contributed by atoms with E-state index in [2.05, 4.69) is 0 Å². The summed E-state index contributed by atoms with van der Waals surface area (Å²) in [4.78, 5) is 10.8. The minimum Gasteiger partial charge on any atom is -0.463 e. The summed E-state index contributed by atoms with van der Waals surface area (Å²) in [5.74, 6) is -0.218. The molecule has 0 aromatic heterocycles. The molecule has 0 aliphatic carbocycles. The average molecular weight is 236 g/mol. The number of esters is 1. The minimum absolute atomic E-state index is 0.218. The van der Waals surface area contributed by atoms with Crippen LogP contribution in [0.2, 0.25) is 0 Å². The quantitative estimate of drug-likeness (QED) is 0.336. The molecule has 15 heavy (non-hydrogen) atoms. The molecule has 0 unspecified atom stereocenters. The van der Waals surface area contributed by atoms with Gasteiger partial charge < -0.3 is 18.0 Å². The molecule has 0 saturated heterocycles. The molecule has 5 nitrogen and oxygen atoms in total. The fraction of sp³-hybridized carbons (Fsp3) is 0.889. The van der Waals surface area contributed by atoms with E-state index in [1.54, 1.807) is 6.92 Å². The van der Waals surface area contributed by atoms with Crippen LogP contribution in [0.4, 0.5) is 0 Å². The number of carbonyl (C=O) groups excluding carboxylic acids is 1. The summed E-state index contributed by atoms with van der Waals surface area (Å²) in [7, 11) is -2.00. The Labute approximate surface area is 92.6 Å². The Morgan fingerprint density at radius 3 is 2.07 bits per heavy atom. The van der Waals surface area contributed by atoms with E-state index in [-0.39, 0.29) is 12.6 Å². The molecule has 0 aromatic rings. The molecule has 0 aliphatic heterocycles. The number of hydrogen-bond donors (Lipinski definition) is 0. The van der Waals surface area contributed by atoms with E-state index in [0.717, 1.165) is 0 Å². The maximum Gasteiger partial charge on any atom is 0.484 e. The molecule has 0 saturated carbocycles. The van der Waals surface area contributed by atoms with Gasteiger partial charge in [-0.3, -0.25) is 4.79 Å². The normalized spacial score (nSPS) is 10.7. The van der Waals surface area contributed by atoms with E-state index < -0.39 is 9.53 Å². The van der Waals surface area contributed by atoms with Gasteiger partial charge in [-0.2, -0.15) is 0 Å². The molecule has 0 N–H and O–H groups in total. The number of hydrogen-bond acceptors (Lipinski definition) is 5. The van der Waals surface area contributed by atoms with E-state index >= 15 is 0 Å². The van der Waals surface area contributed by atoms with Crippen molar-refractivity contribution in [2.24, 2.45) is 0 Å². The second-order valence-electron chi connectivity index (χ2n) is 2.64. The van der Waals surface area contributed by atoms with Crippen molar-refractivity contribution in [3.05, 3.63) is 0 Å². The van der Waals surface area contributed by atoms with Gasteiger partial charge in [0.15, 0.2) is 0 Å². The first-order chi connectivity index (χ1) is 7.24. The Kier molecular flexibility index (Phi) is 9.81. The summed E-state index contributed by atoms with van der Waals surface area (Å²) in [5, 5.41) is 0. The first-order valence-electron chi connectivity index (χ1n) is 5.24. The maximum absolute atomic E-state index is 10.8. The van der Waals surface area contributed by atoms with E-state index in [0.29, 0.717) is 26.2 Å². The fourth-order valence-corrected chi connectivity index (χ4v) is 1.94. The van der Waals surface area contributed by atoms with Gasteiger partial charge in [0.05, 0.1) is 6.61 Å². The van der Waals surface area contributed by atoms with Gasteiger partial charge in [0, 0.05) is 19.6 Å². The SMILES string of the molecule is CCO[SiH](OCC)OCCOC(=O)CC. The molecule has 0 rings (SSSR count). The summed E-state index contributed by atoms with van der Waals surface area (Å²) < 4.78 is 20.7. The van der Waals surface area contributed by atoms with Crippen molar-refractivity contribution >= 4 is 15.5 Å². The molecule has 0 fully saturated rings. The van der Waals surface area contributed by atoms with Gasteiger partial charge in [-0.1, -0.05) is 6.92 Å². The highest BCUT2D eigenvalue weighted by Crippen LogP contribution is 1.93. The molecule has 0 bridgehead atoms. The highest BCUT2D eigenvalue weighted by molar-refractivity contribution is 6.36. The Hall–Kier alpha value is -0.433. The summed E-state index contributed by atoms with van der Waals surface area (Å²) in [6.07, 6.45) is 0.387. The van der Waals surface area contributed by atoms with Gasteiger partial charge in [-0.15, -0.1) is 0 Å². The Morgan fingerprint density at radius 2 is 1.60 bits per heavy atom. The van der Waals surface area contributed by atoms with Crippen LogP contribution in [0.15, 0.2) is 0 Å². The van der Waals surface area contributed by atoms with Crippen LogP contribution in [0.1, 0.15) is 27.2 Å². The fourth-order valence-electron chi connectivity index (χ4n) is 0.818. The molecule has 0 spiro atoms. The van der Waals surface area contributed by atoms with Crippen LogP contribution in [-0.4, -0.2) is 41.9 Å². The maximum atomic E-state index is 10.8. The number of rotatable bonds is 9. The van der Waals surface area contributed by atoms with Gasteiger partial charge in [-0.25, -0.2) is 0 Å². The van der Waals surface area contributed by atoms with Crippen LogP contribution >= 0.6 is 0 Å². The summed E-state index contributed by atoms with van der Waals surface area (Å²) in [5.41, 5.74) is 0. The molecular formula is C9H20O5Si. The van der Waals surface area contributed by atoms with Gasteiger partial charge in [0.2, 0.25) is 0 Å². The third-order valence-electron chi connectivity index (χ3n) is 1.49. The standard InChI is InChI=1S/C9H20O5Si/c1-4-9(10)11-7-8-14-15(12-5-2)13-6-3/h15H,4-8H2,1-3H3. The number of ether oxygens (including phenoxy) is 1. The Morgan fingerprint density at radius 1 is 1.00 bits per heavy atom. The van der Waals surface area contributed by atoms with Crippen molar-refractivity contribution < 1.29 is 22.8 Å². The first-order valence-corrected chi connectivity index (χ1v) is 6.66. The van der Waals surface area contributed by atoms with Crippen LogP contribution in [0, 0.1) is 0 Å². The monoisotopic (exact) mass is 236 g/mol. The van der Waals surface area contributed by atoms with Gasteiger partial charge in [-0.05, 0) is 13.8 Å². The zero-order valence-corrected chi connectivity index (χ0v) is 10.8. The van der Waals surface area contributed by atoms with Gasteiger partial charge >= 0.3 is 15.5 Å². The first kappa shape index (κ1) is 14.6. The third kappa shape index (κ3) is 8.55. The summed E-state index contributed by atoms with van der Waals surface area (Å²) in [6.45, 7) is 7.27. The smallest absolute Gasteiger partial charge is 0.463 e. The molecule has 0 radical (unpaired) electrons. The highest BCUT2D eigenvalue weighted by Gasteiger charge is 2.13. The lowest BCUT2D eigenvalue weighted by molar-refractivity contribution is -0.144. The second-order valence-corrected chi connectivity index (χ2v) is 4.22. The average Bonchev–Trinajstić information content (AvgIpc) is 2.24. The molecule has 90 valence electrons. The lowest BCUT2D eigenvalue weighted by Crippen LogP contribution is -2.29. The lowest BCUT2D eigenvalue weighted by Gasteiger charge is -2.14. The molecular weight excluding hydrogens is 216 g/mol. The summed E-state index contributed by atoms with van der Waals surface area (Å²) in [6, 6.07) is 0. The van der Waals surface area contributed by atoms with Crippen molar-refractivity contribution in [2.75, 3.05) is 26.4 Å². The Balaban J connectivity index is 3.48. The third-order valence-corrected chi connectivity index (χ3v) is 3.21. The molecule has 6 heteroatoms. The van der Waals surface area contributed by atoms with Crippen LogP contribution < -0.4 is 0 Å². The van der Waals surface area contributed by atoms with Crippen molar-refractivity contribution in [3.8, 4) is 0 Å². The zero-order chi connectivity index (χ0) is 11.5. The van der Waals surface area contributed by atoms with Gasteiger partial charge in [0.1, 0.15) is 6.61 Å². The van der Waals surface area contributed by atoms with Gasteiger partial charge in [0.25, 0.3) is 0 Å². The Bertz CT molecular complexity index is 159. The molecule has 0 atom stereocenters.